The Bertz CT molecular complexity index is 1050. The maximum atomic E-state index is 5.45. The fraction of sp³-hybridized carbons (Fsp3) is 0.444. The summed E-state index contributed by atoms with van der Waals surface area (Å²) < 4.78 is 10.9. The number of hydrogen-bond acceptors (Lipinski definition) is 5. The number of nitrogens with zero attached hydrogens (tertiary/aromatic N) is 3. The molecule has 5 heteroatoms. The van der Waals surface area contributed by atoms with E-state index in [4.69, 9.17) is 14.5 Å². The van der Waals surface area contributed by atoms with Gasteiger partial charge in [-0.25, -0.2) is 4.98 Å². The molecule has 32 heavy (non-hydrogen) atoms. The maximum absolute atomic E-state index is 5.45. The molecule has 2 fully saturated rings. The van der Waals surface area contributed by atoms with Crippen molar-refractivity contribution in [2.75, 3.05) is 45.3 Å². The van der Waals surface area contributed by atoms with E-state index >= 15 is 0 Å². The Morgan fingerprint density at radius 3 is 2.31 bits per heavy atom. The summed E-state index contributed by atoms with van der Waals surface area (Å²) in [6.45, 7) is 4.27. The molecule has 0 amide bonds. The van der Waals surface area contributed by atoms with E-state index in [2.05, 4.69) is 46.2 Å². The van der Waals surface area contributed by atoms with E-state index in [0.717, 1.165) is 43.5 Å². The molecule has 0 radical (unpaired) electrons. The van der Waals surface area contributed by atoms with Crippen molar-refractivity contribution >= 4 is 16.6 Å². The highest BCUT2D eigenvalue weighted by Gasteiger charge is 2.29. The Morgan fingerprint density at radius 2 is 1.56 bits per heavy atom. The van der Waals surface area contributed by atoms with Crippen LogP contribution >= 0.6 is 0 Å². The van der Waals surface area contributed by atoms with Crippen molar-refractivity contribution in [2.24, 2.45) is 0 Å². The monoisotopic (exact) mass is 431 g/mol. The summed E-state index contributed by atoms with van der Waals surface area (Å²) >= 11 is 0. The first-order chi connectivity index (χ1) is 15.7. The van der Waals surface area contributed by atoms with Gasteiger partial charge in [0.25, 0.3) is 0 Å². The first kappa shape index (κ1) is 21.1. The van der Waals surface area contributed by atoms with E-state index in [9.17, 15) is 0 Å². The number of methoxy groups -OCH3 is 2. The molecule has 2 aromatic carbocycles. The average Bonchev–Trinajstić information content (AvgIpc) is 2.88. The normalized spacial score (nSPS) is 22.1. The second-order valence-electron chi connectivity index (χ2n) is 9.03. The van der Waals surface area contributed by atoms with Gasteiger partial charge in [0, 0.05) is 43.8 Å². The first-order valence-electron chi connectivity index (χ1n) is 11.8. The summed E-state index contributed by atoms with van der Waals surface area (Å²) in [7, 11) is 3.47. The lowest BCUT2D eigenvalue weighted by atomic mass is 9.81. The van der Waals surface area contributed by atoms with Gasteiger partial charge in [0.05, 0.1) is 14.2 Å². The van der Waals surface area contributed by atoms with Crippen molar-refractivity contribution in [3.63, 3.8) is 0 Å². The first-order valence-corrected chi connectivity index (χ1v) is 11.8. The van der Waals surface area contributed by atoms with Crippen LogP contribution in [0, 0.1) is 0 Å². The van der Waals surface area contributed by atoms with Gasteiger partial charge in [0.1, 0.15) is 17.3 Å². The minimum absolute atomic E-state index is 0.664. The number of benzene rings is 2. The van der Waals surface area contributed by atoms with Crippen LogP contribution in [-0.2, 0) is 0 Å². The molecule has 3 aromatic rings. The second-order valence-corrected chi connectivity index (χ2v) is 9.03. The molecule has 1 aromatic heterocycles. The third-order valence-electron chi connectivity index (χ3n) is 7.34. The zero-order valence-corrected chi connectivity index (χ0v) is 19.2. The number of pyridine rings is 1. The smallest absolute Gasteiger partial charge is 0.136 e. The van der Waals surface area contributed by atoms with Crippen LogP contribution < -0.4 is 14.4 Å². The van der Waals surface area contributed by atoms with Crippen LogP contribution in [0.25, 0.3) is 10.8 Å². The van der Waals surface area contributed by atoms with Crippen LogP contribution in [0.5, 0.6) is 11.5 Å². The molecule has 0 bridgehead atoms. The quantitative estimate of drug-likeness (QED) is 0.562. The number of ether oxygens (including phenoxy) is 2. The molecule has 0 spiro atoms. The lowest BCUT2D eigenvalue weighted by Gasteiger charge is -2.42. The maximum Gasteiger partial charge on any atom is 0.136 e. The molecule has 0 atom stereocenters. The zero-order valence-electron chi connectivity index (χ0n) is 19.2. The van der Waals surface area contributed by atoms with Gasteiger partial charge in [-0.15, -0.1) is 0 Å². The largest absolute Gasteiger partial charge is 0.497 e. The van der Waals surface area contributed by atoms with E-state index in [-0.39, 0.29) is 0 Å². The van der Waals surface area contributed by atoms with Gasteiger partial charge in [-0.2, -0.15) is 0 Å². The minimum atomic E-state index is 0.664. The minimum Gasteiger partial charge on any atom is -0.497 e. The van der Waals surface area contributed by atoms with Crippen molar-refractivity contribution in [3.8, 4) is 11.5 Å². The molecule has 168 valence electrons. The van der Waals surface area contributed by atoms with Gasteiger partial charge in [-0.1, -0.05) is 18.2 Å². The van der Waals surface area contributed by atoms with Gasteiger partial charge < -0.3 is 14.4 Å². The third-order valence-corrected chi connectivity index (χ3v) is 7.34. The fourth-order valence-corrected chi connectivity index (χ4v) is 5.48. The number of rotatable bonds is 5. The number of hydrogen-bond donors (Lipinski definition) is 0. The predicted molar refractivity (Wildman–Crippen MR) is 130 cm³/mol. The molecule has 0 N–H and O–H groups in total. The van der Waals surface area contributed by atoms with Gasteiger partial charge in [0.15, 0.2) is 0 Å². The summed E-state index contributed by atoms with van der Waals surface area (Å²) in [5, 5.41) is 2.40. The average molecular weight is 432 g/mol. The molecule has 1 aliphatic heterocycles. The van der Waals surface area contributed by atoms with Crippen LogP contribution in [-0.4, -0.2) is 56.3 Å². The Hall–Kier alpha value is -2.79. The lowest BCUT2D eigenvalue weighted by Crippen LogP contribution is -2.51. The van der Waals surface area contributed by atoms with Crippen molar-refractivity contribution in [2.45, 2.75) is 37.6 Å². The van der Waals surface area contributed by atoms with E-state index < -0.39 is 0 Å². The topological polar surface area (TPSA) is 37.8 Å². The molecule has 0 unspecified atom stereocenters. The standard InChI is InChI=1S/C27H33N3O2/c1-31-24-5-3-4-22(18-24)20-6-9-23(10-7-20)29-14-16-30(17-15-29)27-26-19-25(32-2)11-8-21(26)12-13-28-27/h3-5,8,11-13,18-20,23H,6-7,9-10,14-17H2,1-2H3/t20-,23-. The Morgan fingerprint density at radius 1 is 0.812 bits per heavy atom. The Labute approximate surface area is 191 Å². The SMILES string of the molecule is COc1ccc2ccnc(N3CCN([C@H]4CC[C@H](c5cccc(OC)c5)CC4)CC3)c2c1. The van der Waals surface area contributed by atoms with Crippen LogP contribution in [0.3, 0.4) is 0 Å². The molecule has 5 nitrogen and oxygen atoms in total. The van der Waals surface area contributed by atoms with Crippen LogP contribution in [0.1, 0.15) is 37.2 Å². The predicted octanol–water partition coefficient (Wildman–Crippen LogP) is 5.10. The van der Waals surface area contributed by atoms with Gasteiger partial charge >= 0.3 is 0 Å². The van der Waals surface area contributed by atoms with Crippen molar-refractivity contribution < 1.29 is 9.47 Å². The molecular weight excluding hydrogens is 398 g/mol. The van der Waals surface area contributed by atoms with E-state index in [0.29, 0.717) is 12.0 Å². The number of piperazine rings is 1. The highest BCUT2D eigenvalue weighted by Crippen LogP contribution is 2.36. The molecule has 5 rings (SSSR count). The second kappa shape index (κ2) is 9.37. The van der Waals surface area contributed by atoms with Crippen molar-refractivity contribution in [3.05, 3.63) is 60.3 Å². The summed E-state index contributed by atoms with van der Waals surface area (Å²) in [4.78, 5) is 9.90. The molecule has 1 aliphatic carbocycles. The Kier molecular flexibility index (Phi) is 6.17. The van der Waals surface area contributed by atoms with Crippen molar-refractivity contribution in [1.82, 2.24) is 9.88 Å². The molecule has 1 saturated heterocycles. The summed E-state index contributed by atoms with van der Waals surface area (Å²) in [6, 6.07) is 17.7. The van der Waals surface area contributed by atoms with Crippen molar-refractivity contribution in [1.29, 1.82) is 0 Å². The lowest BCUT2D eigenvalue weighted by molar-refractivity contribution is 0.141. The highest BCUT2D eigenvalue weighted by molar-refractivity contribution is 5.93. The highest BCUT2D eigenvalue weighted by atomic mass is 16.5. The fourth-order valence-electron chi connectivity index (χ4n) is 5.48. The molecule has 2 aliphatic rings. The molecule has 1 saturated carbocycles. The zero-order chi connectivity index (χ0) is 21.9. The van der Waals surface area contributed by atoms with Crippen LogP contribution in [0.15, 0.2) is 54.7 Å². The Balaban J connectivity index is 1.20. The van der Waals surface area contributed by atoms with E-state index in [1.165, 1.54) is 42.0 Å². The number of aromatic nitrogens is 1. The van der Waals surface area contributed by atoms with E-state index in [1.54, 1.807) is 14.2 Å². The van der Waals surface area contributed by atoms with E-state index in [1.807, 2.05) is 18.3 Å². The third kappa shape index (κ3) is 4.26. The van der Waals surface area contributed by atoms with Crippen LogP contribution in [0.2, 0.25) is 0 Å². The number of anilines is 1. The van der Waals surface area contributed by atoms with Gasteiger partial charge in [-0.05, 0) is 72.9 Å². The van der Waals surface area contributed by atoms with Crippen LogP contribution in [0.4, 0.5) is 5.82 Å². The summed E-state index contributed by atoms with van der Waals surface area (Å²) in [6.07, 6.45) is 7.03. The summed E-state index contributed by atoms with van der Waals surface area (Å²) in [5.41, 5.74) is 1.44. The molecule has 2 heterocycles. The van der Waals surface area contributed by atoms with Gasteiger partial charge in [0.2, 0.25) is 0 Å². The molecular formula is C27H33N3O2. The summed E-state index contributed by atoms with van der Waals surface area (Å²) in [5.74, 6) is 3.61. The van der Waals surface area contributed by atoms with Gasteiger partial charge in [-0.3, -0.25) is 4.90 Å². The number of fused-ring (bicyclic) bond motifs is 1.